The molecular formula is C23H27N3O2. The molecule has 0 atom stereocenters. The Bertz CT molecular complexity index is 940. The number of fused-ring (bicyclic) bond motifs is 1. The Morgan fingerprint density at radius 1 is 1.07 bits per heavy atom. The molecule has 1 saturated heterocycles. The number of rotatable bonds is 6. The van der Waals surface area contributed by atoms with Crippen LogP contribution in [-0.2, 0) is 11.2 Å². The van der Waals surface area contributed by atoms with Crippen molar-refractivity contribution in [2.75, 3.05) is 20.2 Å². The average Bonchev–Trinajstić information content (AvgIpc) is 3.11. The molecule has 0 unspecified atom stereocenters. The number of carbonyl (C=O) groups excluding carboxylic acids is 1. The zero-order valence-electron chi connectivity index (χ0n) is 16.3. The van der Waals surface area contributed by atoms with Crippen LogP contribution >= 0.6 is 0 Å². The van der Waals surface area contributed by atoms with Gasteiger partial charge in [-0.15, -0.1) is 0 Å². The predicted octanol–water partition coefficient (Wildman–Crippen LogP) is 4.29. The highest BCUT2D eigenvalue weighted by Crippen LogP contribution is 2.32. The molecule has 2 N–H and O–H groups in total. The summed E-state index contributed by atoms with van der Waals surface area (Å²) in [4.78, 5) is 16.0. The molecule has 0 bridgehead atoms. The third kappa shape index (κ3) is 4.04. The summed E-state index contributed by atoms with van der Waals surface area (Å²) in [5, 5.41) is 3.24. The van der Waals surface area contributed by atoms with Crippen molar-refractivity contribution < 1.29 is 9.53 Å². The maximum atomic E-state index is 12.5. The van der Waals surface area contributed by atoms with Gasteiger partial charge in [0.1, 0.15) is 5.75 Å². The summed E-state index contributed by atoms with van der Waals surface area (Å²) in [5.74, 6) is 0.926. The summed E-state index contributed by atoms with van der Waals surface area (Å²) < 4.78 is 5.28. The van der Waals surface area contributed by atoms with Crippen LogP contribution in [0.5, 0.6) is 5.75 Å². The number of aromatic nitrogens is 1. The van der Waals surface area contributed by atoms with E-state index in [1.807, 2.05) is 24.3 Å². The van der Waals surface area contributed by atoms with Gasteiger partial charge in [-0.05, 0) is 60.7 Å². The molecule has 3 aromatic rings. The molecule has 2 aromatic carbocycles. The zero-order chi connectivity index (χ0) is 19.3. The molecule has 5 nitrogen and oxygen atoms in total. The van der Waals surface area contributed by atoms with Gasteiger partial charge in [-0.25, -0.2) is 5.01 Å². The van der Waals surface area contributed by atoms with E-state index in [0.717, 1.165) is 48.5 Å². The molecule has 5 heteroatoms. The first kappa shape index (κ1) is 18.6. The Morgan fingerprint density at radius 3 is 2.57 bits per heavy atom. The van der Waals surface area contributed by atoms with Crippen molar-refractivity contribution in [1.82, 2.24) is 15.4 Å². The van der Waals surface area contributed by atoms with Gasteiger partial charge >= 0.3 is 0 Å². The molecule has 0 spiro atoms. The van der Waals surface area contributed by atoms with Crippen LogP contribution in [0.3, 0.4) is 0 Å². The van der Waals surface area contributed by atoms with Crippen molar-refractivity contribution in [2.45, 2.75) is 32.1 Å². The van der Waals surface area contributed by atoms with E-state index in [2.05, 4.69) is 39.7 Å². The van der Waals surface area contributed by atoms with Crippen LogP contribution in [-0.4, -0.2) is 36.1 Å². The van der Waals surface area contributed by atoms with Crippen molar-refractivity contribution in [3.05, 3.63) is 54.1 Å². The number of para-hydroxylation sites is 1. The summed E-state index contributed by atoms with van der Waals surface area (Å²) in [7, 11) is 1.67. The van der Waals surface area contributed by atoms with Gasteiger partial charge < -0.3 is 9.72 Å². The lowest BCUT2D eigenvalue weighted by atomic mass is 10.0. The van der Waals surface area contributed by atoms with E-state index in [-0.39, 0.29) is 5.91 Å². The number of piperidine rings is 1. The molecule has 2 heterocycles. The number of hydrogen-bond donors (Lipinski definition) is 2. The molecule has 0 aliphatic carbocycles. The molecule has 1 fully saturated rings. The number of aromatic amines is 1. The highest BCUT2D eigenvalue weighted by Gasteiger charge is 2.16. The Kier molecular flexibility index (Phi) is 5.63. The minimum absolute atomic E-state index is 0.0906. The van der Waals surface area contributed by atoms with E-state index < -0.39 is 0 Å². The molecule has 0 radical (unpaired) electrons. The zero-order valence-corrected chi connectivity index (χ0v) is 16.3. The van der Waals surface area contributed by atoms with Crippen molar-refractivity contribution >= 4 is 16.8 Å². The number of nitrogens with one attached hydrogen (secondary N) is 2. The van der Waals surface area contributed by atoms with E-state index in [9.17, 15) is 4.79 Å². The van der Waals surface area contributed by atoms with Crippen LogP contribution in [0.2, 0.25) is 0 Å². The van der Waals surface area contributed by atoms with Crippen LogP contribution in [0.25, 0.3) is 22.2 Å². The summed E-state index contributed by atoms with van der Waals surface area (Å²) in [6.45, 7) is 1.91. The molecule has 1 aliphatic heterocycles. The molecule has 4 rings (SSSR count). The van der Waals surface area contributed by atoms with Crippen LogP contribution in [0, 0.1) is 0 Å². The number of H-pyrrole nitrogens is 1. The highest BCUT2D eigenvalue weighted by molar-refractivity contribution is 5.91. The van der Waals surface area contributed by atoms with Crippen LogP contribution in [0.4, 0.5) is 0 Å². The molecule has 1 aliphatic rings. The highest BCUT2D eigenvalue weighted by atomic mass is 16.5. The number of benzene rings is 2. The molecular weight excluding hydrogens is 350 g/mol. The number of hydrazine groups is 1. The van der Waals surface area contributed by atoms with Gasteiger partial charge in [0.2, 0.25) is 5.91 Å². The van der Waals surface area contributed by atoms with Gasteiger partial charge in [-0.1, -0.05) is 24.6 Å². The van der Waals surface area contributed by atoms with Gasteiger partial charge in [0.25, 0.3) is 0 Å². The number of hydrogen-bond acceptors (Lipinski definition) is 3. The fourth-order valence-electron chi connectivity index (χ4n) is 3.94. The maximum Gasteiger partial charge on any atom is 0.234 e. The molecule has 28 heavy (non-hydrogen) atoms. The smallest absolute Gasteiger partial charge is 0.234 e. The second-order valence-corrected chi connectivity index (χ2v) is 7.34. The third-order valence-corrected chi connectivity index (χ3v) is 5.43. The maximum absolute atomic E-state index is 12.5. The van der Waals surface area contributed by atoms with Crippen LogP contribution in [0.15, 0.2) is 48.5 Å². The Labute approximate surface area is 165 Å². The topological polar surface area (TPSA) is 57.4 Å². The largest absolute Gasteiger partial charge is 0.497 e. The summed E-state index contributed by atoms with van der Waals surface area (Å²) >= 11 is 0. The van der Waals surface area contributed by atoms with Gasteiger partial charge in [-0.3, -0.25) is 10.2 Å². The van der Waals surface area contributed by atoms with E-state index in [4.69, 9.17) is 4.74 Å². The van der Waals surface area contributed by atoms with Crippen molar-refractivity contribution in [3.8, 4) is 17.0 Å². The standard InChI is InChI=1S/C23H27N3O2/c1-28-18-11-9-17(10-12-18)23-20(19-7-3-4-8-21(19)24-23)13-14-22(27)25-26-15-5-2-6-16-26/h3-4,7-12,24H,2,5-6,13-16H2,1H3,(H,25,27). The van der Waals surface area contributed by atoms with Gasteiger partial charge in [0.15, 0.2) is 0 Å². The van der Waals surface area contributed by atoms with Gasteiger partial charge in [0.05, 0.1) is 7.11 Å². The molecule has 146 valence electrons. The number of ether oxygens (including phenoxy) is 1. The number of methoxy groups -OCH3 is 1. The lowest BCUT2D eigenvalue weighted by Gasteiger charge is -2.26. The van der Waals surface area contributed by atoms with E-state index in [1.54, 1.807) is 7.11 Å². The fourth-order valence-corrected chi connectivity index (χ4v) is 3.94. The summed E-state index contributed by atoms with van der Waals surface area (Å²) in [5.41, 5.74) is 7.54. The number of carbonyl (C=O) groups is 1. The number of amides is 1. The predicted molar refractivity (Wildman–Crippen MR) is 112 cm³/mol. The lowest BCUT2D eigenvalue weighted by molar-refractivity contribution is -0.126. The Balaban J connectivity index is 1.55. The fraction of sp³-hybridized carbons (Fsp3) is 0.348. The van der Waals surface area contributed by atoms with Gasteiger partial charge in [0, 0.05) is 36.1 Å². The van der Waals surface area contributed by atoms with Crippen LogP contribution in [0.1, 0.15) is 31.2 Å². The third-order valence-electron chi connectivity index (χ3n) is 5.43. The van der Waals surface area contributed by atoms with Crippen molar-refractivity contribution in [1.29, 1.82) is 0 Å². The summed E-state index contributed by atoms with van der Waals surface area (Å²) in [6.07, 6.45) is 4.74. The van der Waals surface area contributed by atoms with E-state index in [1.165, 1.54) is 17.4 Å². The molecule has 0 saturated carbocycles. The van der Waals surface area contributed by atoms with Crippen molar-refractivity contribution in [2.24, 2.45) is 0 Å². The number of aryl methyl sites for hydroxylation is 1. The molecule has 1 aromatic heterocycles. The van der Waals surface area contributed by atoms with Crippen LogP contribution < -0.4 is 10.2 Å². The first-order valence-electron chi connectivity index (χ1n) is 10.0. The van der Waals surface area contributed by atoms with Gasteiger partial charge in [-0.2, -0.15) is 0 Å². The second-order valence-electron chi connectivity index (χ2n) is 7.34. The second kappa shape index (κ2) is 8.48. The minimum Gasteiger partial charge on any atom is -0.497 e. The SMILES string of the molecule is COc1ccc(-c2[nH]c3ccccc3c2CCC(=O)NN2CCCCC2)cc1. The average molecular weight is 377 g/mol. The first-order valence-corrected chi connectivity index (χ1v) is 10.0. The van der Waals surface area contributed by atoms with E-state index >= 15 is 0 Å². The quantitative estimate of drug-likeness (QED) is 0.674. The lowest BCUT2D eigenvalue weighted by Crippen LogP contribution is -2.45. The first-order chi connectivity index (χ1) is 13.7. The Hall–Kier alpha value is -2.79. The van der Waals surface area contributed by atoms with E-state index in [0.29, 0.717) is 12.8 Å². The van der Waals surface area contributed by atoms with Crippen molar-refractivity contribution in [3.63, 3.8) is 0 Å². The number of nitrogens with zero attached hydrogens (tertiary/aromatic N) is 1. The monoisotopic (exact) mass is 377 g/mol. The summed E-state index contributed by atoms with van der Waals surface area (Å²) in [6, 6.07) is 16.3. The Morgan fingerprint density at radius 2 is 1.82 bits per heavy atom. The normalized spacial score (nSPS) is 14.9. The molecule has 1 amide bonds. The minimum atomic E-state index is 0.0906.